The van der Waals surface area contributed by atoms with Gasteiger partial charge >= 0.3 is 0 Å². The minimum atomic E-state index is -2.53. The van der Waals surface area contributed by atoms with E-state index in [0.29, 0.717) is 18.0 Å². The second-order valence-corrected chi connectivity index (χ2v) is 6.68. The summed E-state index contributed by atoms with van der Waals surface area (Å²) in [5, 5.41) is 0. The molecule has 2 aliphatic heterocycles. The molecule has 0 aliphatic carbocycles. The van der Waals surface area contributed by atoms with Crippen LogP contribution in [0.3, 0.4) is 0 Å². The molecular weight excluding hydrogens is 330 g/mol. The molecule has 0 aromatic heterocycles. The molecule has 2 aromatic carbocycles. The maximum absolute atomic E-state index is 7.54. The van der Waals surface area contributed by atoms with E-state index < -0.39 is 7.04 Å². The van der Waals surface area contributed by atoms with Crippen molar-refractivity contribution in [3.63, 3.8) is 0 Å². The van der Waals surface area contributed by atoms with Gasteiger partial charge in [-0.3, -0.25) is 4.90 Å². The largest absolute Gasteiger partial charge is 0.493 e. The fourth-order valence-electron chi connectivity index (χ4n) is 4.20. The quantitative estimate of drug-likeness (QED) is 0.838. The van der Waals surface area contributed by atoms with Crippen LogP contribution in [0.1, 0.15) is 32.4 Å². The molecule has 2 aliphatic rings. The van der Waals surface area contributed by atoms with Gasteiger partial charge in [-0.05, 0) is 47.7 Å². The Morgan fingerprint density at radius 3 is 2.46 bits per heavy atom. The Kier molecular flexibility index (Phi) is 3.56. The number of benzene rings is 2. The third-order valence-electron chi connectivity index (χ3n) is 5.53. The van der Waals surface area contributed by atoms with Gasteiger partial charge in [0.1, 0.15) is 0 Å². The van der Waals surface area contributed by atoms with E-state index in [4.69, 9.17) is 23.1 Å². The van der Waals surface area contributed by atoms with Crippen LogP contribution in [0.2, 0.25) is 0 Å². The minimum absolute atomic E-state index is 0.195. The summed E-state index contributed by atoms with van der Waals surface area (Å²) in [5.41, 5.74) is 4.46. The van der Waals surface area contributed by atoms with Gasteiger partial charge in [0.2, 0.25) is 0 Å². The van der Waals surface area contributed by atoms with E-state index in [1.165, 1.54) is 18.2 Å². The molecule has 0 radical (unpaired) electrons. The molecule has 0 amide bonds. The fraction of sp³-hybridized carbons (Fsp3) is 0.429. The van der Waals surface area contributed by atoms with Crippen molar-refractivity contribution < 1.29 is 23.1 Å². The topological polar surface area (TPSA) is 40.2 Å². The predicted octanol–water partition coefficient (Wildman–Crippen LogP) is 3.38. The van der Waals surface area contributed by atoms with Gasteiger partial charge in [-0.25, -0.2) is 0 Å². The summed E-state index contributed by atoms with van der Waals surface area (Å²) in [4.78, 5) is 2.36. The van der Waals surface area contributed by atoms with Crippen molar-refractivity contribution in [3.8, 4) is 23.0 Å². The summed E-state index contributed by atoms with van der Waals surface area (Å²) in [6, 6.07) is 8.12. The van der Waals surface area contributed by atoms with Crippen LogP contribution in [0.5, 0.6) is 23.0 Å². The Morgan fingerprint density at radius 1 is 0.962 bits per heavy atom. The third-order valence-corrected chi connectivity index (χ3v) is 5.53. The molecule has 0 saturated heterocycles. The lowest BCUT2D eigenvalue weighted by Gasteiger charge is -2.42. The molecule has 138 valence electrons. The number of hydrogen-bond acceptors (Lipinski definition) is 5. The zero-order valence-corrected chi connectivity index (χ0v) is 15.3. The molecule has 5 nitrogen and oxygen atoms in total. The molecule has 2 heterocycles. The van der Waals surface area contributed by atoms with Crippen LogP contribution in [0.15, 0.2) is 24.3 Å². The summed E-state index contributed by atoms with van der Waals surface area (Å²) in [5.74, 6) is 2.23. The van der Waals surface area contributed by atoms with E-state index in [0.717, 1.165) is 42.0 Å². The Bertz CT molecular complexity index is 929. The molecule has 0 spiro atoms. The molecule has 4 rings (SSSR count). The van der Waals surface area contributed by atoms with Crippen molar-refractivity contribution in [2.45, 2.75) is 25.4 Å². The number of nitrogens with zero attached hydrogens (tertiary/aromatic N) is 1. The highest BCUT2D eigenvalue weighted by atomic mass is 16.5. The van der Waals surface area contributed by atoms with Crippen LogP contribution in [0.25, 0.3) is 0 Å². The molecule has 0 fully saturated rings. The Morgan fingerprint density at radius 2 is 1.73 bits per heavy atom. The number of ether oxygens (including phenoxy) is 4. The fourth-order valence-corrected chi connectivity index (χ4v) is 4.20. The van der Waals surface area contributed by atoms with Crippen LogP contribution in [0.4, 0.5) is 0 Å². The molecule has 0 N–H and O–H groups in total. The highest BCUT2D eigenvalue weighted by Gasteiger charge is 2.34. The SMILES string of the molecule is [2H]C([2H])([2H])Oc1c(OC)ccc2c1CN1CCc3cc(OC)c(OC)cc3C1C2. The average molecular weight is 358 g/mol. The van der Waals surface area contributed by atoms with Crippen LogP contribution in [-0.4, -0.2) is 39.8 Å². The van der Waals surface area contributed by atoms with Gasteiger partial charge in [0.15, 0.2) is 23.0 Å². The molecule has 2 aromatic rings. The van der Waals surface area contributed by atoms with Gasteiger partial charge in [0.05, 0.1) is 32.5 Å². The molecule has 26 heavy (non-hydrogen) atoms. The summed E-state index contributed by atoms with van der Waals surface area (Å²) in [6.45, 7) is 1.48. The highest BCUT2D eigenvalue weighted by molar-refractivity contribution is 5.54. The lowest BCUT2D eigenvalue weighted by atomic mass is 9.83. The van der Waals surface area contributed by atoms with Gasteiger partial charge in [-0.1, -0.05) is 6.07 Å². The summed E-state index contributed by atoms with van der Waals surface area (Å²) in [7, 11) is 2.29. The molecule has 1 atom stereocenters. The lowest BCUT2D eigenvalue weighted by Crippen LogP contribution is -2.39. The third kappa shape index (κ3) is 2.58. The standard InChI is InChI=1S/C21H25NO4/c1-23-18-6-5-13-9-17-15-11-20(25-3)19(24-2)10-14(15)7-8-22(17)12-16(13)21(18)26-4/h5-6,10-11,17H,7-9,12H2,1-4H3/i4D3. The van der Waals surface area contributed by atoms with Crippen molar-refractivity contribution in [3.05, 3.63) is 46.5 Å². The Hall–Kier alpha value is -2.40. The first-order valence-corrected chi connectivity index (χ1v) is 8.71. The van der Waals surface area contributed by atoms with E-state index in [-0.39, 0.29) is 6.04 Å². The predicted molar refractivity (Wildman–Crippen MR) is 99.7 cm³/mol. The van der Waals surface area contributed by atoms with Gasteiger partial charge in [-0.2, -0.15) is 0 Å². The van der Waals surface area contributed by atoms with E-state index in [2.05, 4.69) is 17.0 Å². The number of hydrogen-bond donors (Lipinski definition) is 0. The zero-order chi connectivity index (χ0) is 20.8. The van der Waals surface area contributed by atoms with Crippen molar-refractivity contribution in [2.75, 3.05) is 34.9 Å². The summed E-state index contributed by atoms with van der Waals surface area (Å²) < 4.78 is 44.3. The van der Waals surface area contributed by atoms with Crippen molar-refractivity contribution in [1.29, 1.82) is 0 Å². The Labute approximate surface area is 158 Å². The number of methoxy groups -OCH3 is 4. The smallest absolute Gasteiger partial charge is 0.165 e. The first kappa shape index (κ1) is 13.8. The lowest BCUT2D eigenvalue weighted by molar-refractivity contribution is 0.157. The second-order valence-electron chi connectivity index (χ2n) is 6.68. The summed E-state index contributed by atoms with van der Waals surface area (Å²) in [6.07, 6.45) is 1.65. The van der Waals surface area contributed by atoms with E-state index in [1.807, 2.05) is 6.07 Å². The molecule has 0 bridgehead atoms. The normalized spacial score (nSPS) is 20.6. The first-order chi connectivity index (χ1) is 13.8. The second kappa shape index (κ2) is 6.72. The van der Waals surface area contributed by atoms with Gasteiger partial charge < -0.3 is 18.9 Å². The monoisotopic (exact) mass is 358 g/mol. The van der Waals surface area contributed by atoms with Crippen molar-refractivity contribution in [2.24, 2.45) is 0 Å². The van der Waals surface area contributed by atoms with Crippen LogP contribution >= 0.6 is 0 Å². The Balaban J connectivity index is 1.75. The molecule has 5 heteroatoms. The molecule has 0 saturated carbocycles. The zero-order valence-electron chi connectivity index (χ0n) is 18.3. The van der Waals surface area contributed by atoms with Crippen LogP contribution in [-0.2, 0) is 19.4 Å². The number of fused-ring (bicyclic) bond motifs is 4. The average Bonchev–Trinajstić information content (AvgIpc) is 2.70. The first-order valence-electron chi connectivity index (χ1n) is 10.2. The highest BCUT2D eigenvalue weighted by Crippen LogP contribution is 2.45. The summed E-state index contributed by atoms with van der Waals surface area (Å²) >= 11 is 0. The van der Waals surface area contributed by atoms with Crippen LogP contribution < -0.4 is 18.9 Å². The molecular formula is C21H25NO4. The molecule has 1 unspecified atom stereocenters. The number of rotatable bonds is 4. The van der Waals surface area contributed by atoms with Gasteiger partial charge in [-0.15, -0.1) is 0 Å². The van der Waals surface area contributed by atoms with Crippen molar-refractivity contribution in [1.82, 2.24) is 4.90 Å². The maximum atomic E-state index is 7.54. The van der Waals surface area contributed by atoms with Gasteiger partial charge in [0.25, 0.3) is 0 Å². The minimum Gasteiger partial charge on any atom is -0.493 e. The van der Waals surface area contributed by atoms with Crippen molar-refractivity contribution >= 4 is 0 Å². The van der Waals surface area contributed by atoms with Crippen LogP contribution in [0, 0.1) is 0 Å². The maximum Gasteiger partial charge on any atom is 0.165 e. The van der Waals surface area contributed by atoms with E-state index in [1.54, 1.807) is 20.3 Å². The van der Waals surface area contributed by atoms with E-state index >= 15 is 0 Å². The van der Waals surface area contributed by atoms with E-state index in [9.17, 15) is 0 Å². The van der Waals surface area contributed by atoms with Gasteiger partial charge in [0, 0.05) is 24.7 Å².